The Morgan fingerprint density at radius 1 is 0.600 bits per heavy atom. The first-order chi connectivity index (χ1) is 31.0. The number of hydrogen-bond donors (Lipinski definition) is 13. The number of fused-ring (bicyclic) bond motifs is 2. The summed E-state index contributed by atoms with van der Waals surface area (Å²) in [5, 5.41) is 162. The molecule has 7 heterocycles. The fourth-order valence-corrected chi connectivity index (χ4v) is 9.25. The third-order valence-electron chi connectivity index (χ3n) is 13.2. The first-order valence-corrected chi connectivity index (χ1v) is 20.5. The standard InChI is InChI=1S/C35H51N9O21/c1-13-4-42(39-36-13)2-3-43-5-14(37-40-43)9-58-28-21(51)19(49)18(48)16(60-28)7-44-6-15(38-41-44)10-59-30-35(57)26(55)27(33(35,12-47)64-30)63-29-22(52)20(50)23(17(8-45)61-29)62-31-34(56)25(54)24(53)32(34,11-46)65-31/h4-6,16-31,45-57H,2-3,7-12H2,1H3/t16-,17?,18+,19+,20?,21+,22?,23-,24+,25?,26?,27+,28-,29-,30-,31+,32?,33?,34?,35?/m1/s1. The zero-order valence-corrected chi connectivity index (χ0v) is 34.2. The van der Waals surface area contributed by atoms with Crippen LogP contribution in [-0.2, 0) is 70.7 Å². The lowest BCUT2D eigenvalue weighted by molar-refractivity contribution is -0.541. The van der Waals surface area contributed by atoms with E-state index in [-0.39, 0.29) is 25.5 Å². The van der Waals surface area contributed by atoms with E-state index in [4.69, 9.17) is 37.9 Å². The van der Waals surface area contributed by atoms with E-state index in [1.165, 1.54) is 10.9 Å². The smallest absolute Gasteiger partial charge is 0.193 e. The van der Waals surface area contributed by atoms with Crippen LogP contribution in [0.15, 0.2) is 18.6 Å². The van der Waals surface area contributed by atoms with Crippen molar-refractivity contribution in [3.63, 3.8) is 0 Å². The van der Waals surface area contributed by atoms with Crippen molar-refractivity contribution in [1.29, 1.82) is 0 Å². The van der Waals surface area contributed by atoms with Gasteiger partial charge in [-0.15, -0.1) is 15.3 Å². The van der Waals surface area contributed by atoms with Crippen molar-refractivity contribution in [2.24, 2.45) is 0 Å². The number of aliphatic hydroxyl groups is 13. The van der Waals surface area contributed by atoms with E-state index in [9.17, 15) is 66.4 Å². The van der Waals surface area contributed by atoms with Gasteiger partial charge in [0.1, 0.15) is 84.6 Å². The molecule has 3 aromatic heterocycles. The van der Waals surface area contributed by atoms with Gasteiger partial charge in [-0.25, -0.2) is 4.68 Å². The molecule has 6 fully saturated rings. The topological polar surface area (TPSA) is 429 Å². The molecule has 2 aliphatic carbocycles. The van der Waals surface area contributed by atoms with Crippen LogP contribution in [0.4, 0.5) is 0 Å². The summed E-state index contributed by atoms with van der Waals surface area (Å²) in [5.74, 6) is 0. The molecule has 3 aromatic rings. The van der Waals surface area contributed by atoms with Crippen LogP contribution < -0.4 is 0 Å². The summed E-state index contributed by atoms with van der Waals surface area (Å²) in [4.78, 5) is 0. The number of ether oxygens (including phenoxy) is 8. The summed E-state index contributed by atoms with van der Waals surface area (Å²) in [6, 6.07) is 0. The highest BCUT2D eigenvalue weighted by Gasteiger charge is 2.87. The lowest BCUT2D eigenvalue weighted by Crippen LogP contribution is -2.96. The molecule has 4 aliphatic heterocycles. The molecule has 362 valence electrons. The summed E-state index contributed by atoms with van der Waals surface area (Å²) in [6.45, 7) is -0.683. The SMILES string of the molecule is Cc1cn(CCn2cc(CO[C@@H]3O[C@H](Cn4cc(CO[C@@H]5OC6(CO)[C@@H](O[C@H]7OC(CO)[C@@H](O[C@H]8OC9(CO)[C@@H](O)C(O)C89O)C(O)C7O)C(O)C56O)nn4)[C@H](O)[C@H](O)[C@@H]3O)nn2)nn1. The fourth-order valence-electron chi connectivity index (χ4n) is 9.25. The Kier molecular flexibility index (Phi) is 12.4. The molecule has 9 rings (SSSR count). The molecule has 0 bridgehead atoms. The second-order valence-corrected chi connectivity index (χ2v) is 17.0. The summed E-state index contributed by atoms with van der Waals surface area (Å²) in [5.41, 5.74) is -7.26. The number of rotatable bonds is 18. The maximum absolute atomic E-state index is 11.5. The maximum atomic E-state index is 11.5. The number of hydrogen-bond acceptors (Lipinski definition) is 27. The Hall–Kier alpha value is -3.42. The van der Waals surface area contributed by atoms with Gasteiger partial charge >= 0.3 is 0 Å². The Morgan fingerprint density at radius 3 is 1.85 bits per heavy atom. The van der Waals surface area contributed by atoms with Gasteiger partial charge in [-0.1, -0.05) is 15.6 Å². The number of aliphatic hydroxyl groups excluding tert-OH is 11. The van der Waals surface area contributed by atoms with E-state index in [2.05, 4.69) is 30.9 Å². The van der Waals surface area contributed by atoms with Gasteiger partial charge in [0.25, 0.3) is 0 Å². The first kappa shape index (κ1) is 46.7. The Labute approximate surface area is 365 Å². The van der Waals surface area contributed by atoms with Crippen molar-refractivity contribution in [3.05, 3.63) is 35.7 Å². The summed E-state index contributed by atoms with van der Waals surface area (Å²) in [6.07, 6.45) is -21.7. The maximum Gasteiger partial charge on any atom is 0.193 e. The molecule has 30 nitrogen and oxygen atoms in total. The third kappa shape index (κ3) is 7.14. The molecule has 20 atom stereocenters. The monoisotopic (exact) mass is 933 g/mol. The normalized spacial score (nSPS) is 45.5. The number of aromatic nitrogens is 9. The lowest BCUT2D eigenvalue weighted by atomic mass is 9.55. The van der Waals surface area contributed by atoms with Gasteiger partial charge in [0, 0.05) is 6.20 Å². The van der Waals surface area contributed by atoms with Gasteiger partial charge < -0.3 is 104 Å². The molecular weight excluding hydrogens is 882 g/mol. The van der Waals surface area contributed by atoms with E-state index in [1.54, 1.807) is 21.8 Å². The van der Waals surface area contributed by atoms with Crippen LogP contribution in [0.1, 0.15) is 17.1 Å². The van der Waals surface area contributed by atoms with Gasteiger partial charge in [-0.3, -0.25) is 9.36 Å². The zero-order chi connectivity index (χ0) is 46.4. The molecule has 6 aliphatic rings. The van der Waals surface area contributed by atoms with Crippen LogP contribution in [0.3, 0.4) is 0 Å². The molecule has 9 unspecified atom stereocenters. The molecule has 0 radical (unpaired) electrons. The second kappa shape index (κ2) is 17.3. The first-order valence-electron chi connectivity index (χ1n) is 20.5. The van der Waals surface area contributed by atoms with Crippen LogP contribution in [0.2, 0.25) is 0 Å². The van der Waals surface area contributed by atoms with Crippen LogP contribution in [0.25, 0.3) is 0 Å². The molecule has 2 saturated carbocycles. The largest absolute Gasteiger partial charge is 0.394 e. The minimum Gasteiger partial charge on any atom is -0.394 e. The minimum absolute atomic E-state index is 0.157. The van der Waals surface area contributed by atoms with Crippen molar-refractivity contribution < 1.29 is 104 Å². The van der Waals surface area contributed by atoms with E-state index in [0.717, 1.165) is 5.69 Å². The molecular formula is C35H51N9O21. The molecule has 30 heteroatoms. The molecule has 0 spiro atoms. The molecule has 0 amide bonds. The van der Waals surface area contributed by atoms with Gasteiger partial charge in [-0.05, 0) is 6.92 Å². The Balaban J connectivity index is 0.756. The molecule has 4 saturated heterocycles. The second-order valence-electron chi connectivity index (χ2n) is 17.0. The predicted octanol–water partition coefficient (Wildman–Crippen LogP) is -10.0. The van der Waals surface area contributed by atoms with Gasteiger partial charge in [0.05, 0.1) is 70.8 Å². The van der Waals surface area contributed by atoms with Crippen LogP contribution in [0.5, 0.6) is 0 Å². The number of aryl methyl sites for hydroxylation is 3. The van der Waals surface area contributed by atoms with Crippen LogP contribution in [0, 0.1) is 6.92 Å². The molecule has 65 heavy (non-hydrogen) atoms. The fraction of sp³-hybridized carbons (Fsp3) is 0.829. The van der Waals surface area contributed by atoms with E-state index in [0.29, 0.717) is 18.8 Å². The summed E-state index contributed by atoms with van der Waals surface area (Å²) in [7, 11) is 0. The lowest BCUT2D eigenvalue weighted by Gasteiger charge is -2.72. The van der Waals surface area contributed by atoms with Crippen molar-refractivity contribution in [3.8, 4) is 0 Å². The molecule has 0 aromatic carbocycles. The third-order valence-corrected chi connectivity index (χ3v) is 13.2. The van der Waals surface area contributed by atoms with E-state index < -0.39 is 141 Å². The van der Waals surface area contributed by atoms with E-state index >= 15 is 0 Å². The quantitative estimate of drug-likeness (QED) is 0.0563. The van der Waals surface area contributed by atoms with Crippen LogP contribution in [-0.4, -0.2) is 252 Å². The average molecular weight is 934 g/mol. The zero-order valence-electron chi connectivity index (χ0n) is 34.2. The van der Waals surface area contributed by atoms with Crippen molar-refractivity contribution in [2.45, 2.75) is 161 Å². The Morgan fingerprint density at radius 2 is 1.18 bits per heavy atom. The van der Waals surface area contributed by atoms with Gasteiger partial charge in [0.15, 0.2) is 47.6 Å². The average Bonchev–Trinajstić information content (AvgIpc) is 4.07. The number of nitrogens with zero attached hydrogens (tertiary/aromatic N) is 9. The summed E-state index contributed by atoms with van der Waals surface area (Å²) >= 11 is 0. The highest BCUT2D eigenvalue weighted by Crippen LogP contribution is 2.60. The highest BCUT2D eigenvalue weighted by molar-refractivity contribution is 5.32. The van der Waals surface area contributed by atoms with E-state index in [1.807, 2.05) is 6.92 Å². The van der Waals surface area contributed by atoms with Crippen molar-refractivity contribution in [2.75, 3.05) is 19.8 Å². The highest BCUT2D eigenvalue weighted by atomic mass is 16.8. The molecule has 13 N–H and O–H groups in total. The minimum atomic E-state index is -2.31. The van der Waals surface area contributed by atoms with Gasteiger partial charge in [-0.2, -0.15) is 0 Å². The van der Waals surface area contributed by atoms with Crippen molar-refractivity contribution >= 4 is 0 Å². The van der Waals surface area contributed by atoms with Gasteiger partial charge in [0.2, 0.25) is 0 Å². The van der Waals surface area contributed by atoms with Crippen molar-refractivity contribution in [1.82, 2.24) is 45.0 Å². The predicted molar refractivity (Wildman–Crippen MR) is 196 cm³/mol. The summed E-state index contributed by atoms with van der Waals surface area (Å²) < 4.78 is 49.5. The van der Waals surface area contributed by atoms with Crippen LogP contribution >= 0.6 is 0 Å². The Bertz CT molecular complexity index is 2140.